The van der Waals surface area contributed by atoms with Crippen LogP contribution >= 0.6 is 15.9 Å². The molecular formula is C13H15BrN2O4. The number of nitrogens with zero attached hydrogens (tertiary/aromatic N) is 2. The lowest BCUT2D eigenvalue weighted by molar-refractivity contribution is -0.140. The van der Waals surface area contributed by atoms with Gasteiger partial charge in [-0.1, -0.05) is 0 Å². The second kappa shape index (κ2) is 6.21. The van der Waals surface area contributed by atoms with E-state index in [4.69, 9.17) is 5.11 Å². The van der Waals surface area contributed by atoms with Gasteiger partial charge in [-0.3, -0.25) is 14.4 Å². The summed E-state index contributed by atoms with van der Waals surface area (Å²) in [6.07, 6.45) is 3.02. The lowest BCUT2D eigenvalue weighted by Gasteiger charge is -2.23. The number of hydrogen-bond acceptors (Lipinski definition) is 3. The number of aromatic nitrogens is 1. The third-order valence-electron chi connectivity index (χ3n) is 3.36. The number of carboxylic acids is 1. The first-order valence-corrected chi connectivity index (χ1v) is 7.14. The zero-order valence-corrected chi connectivity index (χ0v) is 12.4. The molecule has 1 unspecified atom stereocenters. The summed E-state index contributed by atoms with van der Waals surface area (Å²) in [5, 5.41) is 8.84. The van der Waals surface area contributed by atoms with Gasteiger partial charge in [-0.2, -0.15) is 0 Å². The van der Waals surface area contributed by atoms with Gasteiger partial charge < -0.3 is 14.6 Å². The molecule has 2 rings (SSSR count). The second-order valence-electron chi connectivity index (χ2n) is 4.79. The van der Waals surface area contributed by atoms with Crippen molar-refractivity contribution < 1.29 is 14.7 Å². The molecule has 1 fully saturated rings. The summed E-state index contributed by atoms with van der Waals surface area (Å²) in [5.41, 5.74) is -0.254. The van der Waals surface area contributed by atoms with Gasteiger partial charge in [0.1, 0.15) is 6.54 Å². The Morgan fingerprint density at radius 3 is 2.85 bits per heavy atom. The fourth-order valence-corrected chi connectivity index (χ4v) is 2.82. The van der Waals surface area contributed by atoms with E-state index in [1.807, 2.05) is 0 Å². The molecule has 1 atom stereocenters. The van der Waals surface area contributed by atoms with Crippen molar-refractivity contribution in [1.82, 2.24) is 9.47 Å². The highest BCUT2D eigenvalue weighted by molar-refractivity contribution is 9.10. The standard InChI is InChI=1S/C13H15BrN2O4/c14-9-3-4-11(17)15(7-9)8-12(18)16-5-1-2-10(16)6-13(19)20/h3-4,7,10H,1-2,5-6,8H2,(H,19,20). The van der Waals surface area contributed by atoms with Crippen LogP contribution in [0.1, 0.15) is 19.3 Å². The number of carbonyl (C=O) groups excluding carboxylic acids is 1. The van der Waals surface area contributed by atoms with E-state index >= 15 is 0 Å². The Morgan fingerprint density at radius 1 is 1.40 bits per heavy atom. The summed E-state index contributed by atoms with van der Waals surface area (Å²) in [7, 11) is 0. The summed E-state index contributed by atoms with van der Waals surface area (Å²) in [5.74, 6) is -1.12. The van der Waals surface area contributed by atoms with Gasteiger partial charge in [0.2, 0.25) is 5.91 Å². The van der Waals surface area contributed by atoms with Gasteiger partial charge in [0.05, 0.1) is 6.42 Å². The summed E-state index contributed by atoms with van der Waals surface area (Å²) in [6.45, 7) is 0.494. The molecule has 108 valence electrons. The maximum Gasteiger partial charge on any atom is 0.305 e. The quantitative estimate of drug-likeness (QED) is 0.887. The fourth-order valence-electron chi connectivity index (χ4n) is 2.44. The van der Waals surface area contributed by atoms with E-state index in [0.717, 1.165) is 6.42 Å². The van der Waals surface area contributed by atoms with Crippen LogP contribution in [-0.2, 0) is 16.1 Å². The number of amides is 1. The van der Waals surface area contributed by atoms with E-state index < -0.39 is 5.97 Å². The summed E-state index contributed by atoms with van der Waals surface area (Å²) < 4.78 is 2.04. The Labute approximate surface area is 124 Å². The Hall–Kier alpha value is -1.63. The van der Waals surface area contributed by atoms with Crippen LogP contribution in [0.4, 0.5) is 0 Å². The predicted molar refractivity (Wildman–Crippen MR) is 75.4 cm³/mol. The van der Waals surface area contributed by atoms with Crippen LogP contribution in [0, 0.1) is 0 Å². The van der Waals surface area contributed by atoms with Crippen molar-refractivity contribution in [3.8, 4) is 0 Å². The maximum atomic E-state index is 12.2. The normalized spacial score (nSPS) is 18.2. The summed E-state index contributed by atoms with van der Waals surface area (Å²) in [4.78, 5) is 36.2. The van der Waals surface area contributed by atoms with Crippen LogP contribution in [0.2, 0.25) is 0 Å². The highest BCUT2D eigenvalue weighted by atomic mass is 79.9. The molecule has 1 amide bonds. The molecule has 0 spiro atoms. The third kappa shape index (κ3) is 3.47. The van der Waals surface area contributed by atoms with Gasteiger partial charge in [-0.15, -0.1) is 0 Å². The monoisotopic (exact) mass is 342 g/mol. The van der Waals surface area contributed by atoms with Gasteiger partial charge >= 0.3 is 5.97 Å². The van der Waals surface area contributed by atoms with E-state index in [9.17, 15) is 14.4 Å². The van der Waals surface area contributed by atoms with Crippen molar-refractivity contribution in [3.05, 3.63) is 33.2 Å². The zero-order chi connectivity index (χ0) is 14.7. The largest absolute Gasteiger partial charge is 0.481 e. The number of likely N-dealkylation sites (tertiary alicyclic amines) is 1. The highest BCUT2D eigenvalue weighted by Gasteiger charge is 2.30. The number of aliphatic carboxylic acids is 1. The first-order valence-electron chi connectivity index (χ1n) is 6.34. The number of pyridine rings is 1. The Bertz CT molecular complexity index is 584. The Kier molecular flexibility index (Phi) is 4.59. The maximum absolute atomic E-state index is 12.2. The molecule has 1 N–H and O–H groups in total. The van der Waals surface area contributed by atoms with E-state index in [1.54, 1.807) is 17.2 Å². The van der Waals surface area contributed by atoms with Crippen LogP contribution < -0.4 is 5.56 Å². The van der Waals surface area contributed by atoms with Gasteiger partial charge in [0.25, 0.3) is 5.56 Å². The number of hydrogen-bond donors (Lipinski definition) is 1. The van der Waals surface area contributed by atoms with Crippen molar-refractivity contribution in [1.29, 1.82) is 0 Å². The smallest absolute Gasteiger partial charge is 0.305 e. The average Bonchev–Trinajstić information content (AvgIpc) is 2.81. The lowest BCUT2D eigenvalue weighted by atomic mass is 10.1. The molecule has 0 aliphatic carbocycles. The second-order valence-corrected chi connectivity index (χ2v) is 5.71. The molecule has 1 saturated heterocycles. The molecule has 20 heavy (non-hydrogen) atoms. The average molecular weight is 343 g/mol. The topological polar surface area (TPSA) is 79.6 Å². The number of halogens is 1. The Morgan fingerprint density at radius 2 is 2.15 bits per heavy atom. The molecule has 0 radical (unpaired) electrons. The fraction of sp³-hybridized carbons (Fsp3) is 0.462. The minimum absolute atomic E-state index is 0.0425. The molecule has 7 heteroatoms. The van der Waals surface area contributed by atoms with Gasteiger partial charge in [-0.05, 0) is 34.8 Å². The number of carboxylic acid groups (broad SMARTS) is 1. The molecule has 0 saturated carbocycles. The molecule has 6 nitrogen and oxygen atoms in total. The zero-order valence-electron chi connectivity index (χ0n) is 10.8. The molecule has 1 aromatic rings. The molecule has 2 heterocycles. The third-order valence-corrected chi connectivity index (χ3v) is 3.83. The van der Waals surface area contributed by atoms with Crippen molar-refractivity contribution >= 4 is 27.8 Å². The molecule has 0 aromatic carbocycles. The van der Waals surface area contributed by atoms with Crippen LogP contribution in [0.3, 0.4) is 0 Å². The molecule has 1 aliphatic rings. The summed E-state index contributed by atoms with van der Waals surface area (Å²) in [6, 6.07) is 2.74. The van der Waals surface area contributed by atoms with Crippen LogP contribution in [-0.4, -0.2) is 39.0 Å². The SMILES string of the molecule is O=C(O)CC1CCCN1C(=O)Cn1cc(Br)ccc1=O. The first-order chi connectivity index (χ1) is 9.47. The van der Waals surface area contributed by atoms with E-state index in [0.29, 0.717) is 17.4 Å². The summed E-state index contributed by atoms with van der Waals surface area (Å²) >= 11 is 3.25. The van der Waals surface area contributed by atoms with E-state index in [1.165, 1.54) is 10.6 Å². The number of rotatable bonds is 4. The minimum atomic E-state index is -0.908. The van der Waals surface area contributed by atoms with Crippen molar-refractivity contribution in [3.63, 3.8) is 0 Å². The van der Waals surface area contributed by atoms with E-state index in [-0.39, 0.29) is 30.5 Å². The van der Waals surface area contributed by atoms with Crippen LogP contribution in [0.5, 0.6) is 0 Å². The first kappa shape index (κ1) is 14.8. The van der Waals surface area contributed by atoms with E-state index in [2.05, 4.69) is 15.9 Å². The molecule has 1 aliphatic heterocycles. The number of carbonyl (C=O) groups is 2. The van der Waals surface area contributed by atoms with Crippen LogP contribution in [0.25, 0.3) is 0 Å². The molecular weight excluding hydrogens is 328 g/mol. The van der Waals surface area contributed by atoms with Crippen LogP contribution in [0.15, 0.2) is 27.6 Å². The van der Waals surface area contributed by atoms with Crippen molar-refractivity contribution in [2.75, 3.05) is 6.54 Å². The van der Waals surface area contributed by atoms with Crippen molar-refractivity contribution in [2.45, 2.75) is 31.8 Å². The molecule has 0 bridgehead atoms. The predicted octanol–water partition coefficient (Wildman–Crippen LogP) is 1.08. The lowest BCUT2D eigenvalue weighted by Crippen LogP contribution is -2.40. The van der Waals surface area contributed by atoms with Gasteiger partial charge in [0, 0.05) is 29.3 Å². The molecule has 1 aromatic heterocycles. The van der Waals surface area contributed by atoms with Crippen molar-refractivity contribution in [2.24, 2.45) is 0 Å². The van der Waals surface area contributed by atoms with Gasteiger partial charge in [0.15, 0.2) is 0 Å². The minimum Gasteiger partial charge on any atom is -0.481 e. The Balaban J connectivity index is 2.09. The van der Waals surface area contributed by atoms with Gasteiger partial charge in [-0.25, -0.2) is 0 Å². The highest BCUT2D eigenvalue weighted by Crippen LogP contribution is 2.20.